The Morgan fingerprint density at radius 2 is 2.12 bits per heavy atom. The zero-order chi connectivity index (χ0) is 18.1. The van der Waals surface area contributed by atoms with E-state index in [1.807, 2.05) is 17.2 Å². The second-order valence-electron chi connectivity index (χ2n) is 6.90. The summed E-state index contributed by atoms with van der Waals surface area (Å²) in [5.41, 5.74) is 9.02. The lowest BCUT2D eigenvalue weighted by Crippen LogP contribution is -2.47. The molecule has 1 aliphatic carbocycles. The van der Waals surface area contributed by atoms with Gasteiger partial charge in [-0.2, -0.15) is 0 Å². The third kappa shape index (κ3) is 3.67. The first-order valence-electron chi connectivity index (χ1n) is 8.85. The van der Waals surface area contributed by atoms with E-state index < -0.39 is 5.97 Å². The SMILES string of the molecule is NC1=C2NC(c3ncc(CN4CCN(CC(=O)O)CC4)s3)=CC2CC=C1. The number of aromatic nitrogens is 1. The van der Waals surface area contributed by atoms with Gasteiger partial charge in [-0.1, -0.05) is 6.08 Å². The van der Waals surface area contributed by atoms with Gasteiger partial charge < -0.3 is 16.2 Å². The van der Waals surface area contributed by atoms with Gasteiger partial charge in [-0.15, -0.1) is 11.3 Å². The third-order valence-corrected chi connectivity index (χ3v) is 6.01. The lowest BCUT2D eigenvalue weighted by Gasteiger charge is -2.33. The van der Waals surface area contributed by atoms with Gasteiger partial charge in [0.2, 0.25) is 0 Å². The Morgan fingerprint density at radius 3 is 2.85 bits per heavy atom. The number of thiazole rings is 1. The quantitative estimate of drug-likeness (QED) is 0.710. The fourth-order valence-corrected chi connectivity index (χ4v) is 4.55. The molecule has 2 aliphatic heterocycles. The minimum Gasteiger partial charge on any atom is -0.480 e. The Labute approximate surface area is 156 Å². The third-order valence-electron chi connectivity index (χ3n) is 4.99. The Balaban J connectivity index is 1.35. The lowest BCUT2D eigenvalue weighted by molar-refractivity contribution is -0.138. The molecule has 138 valence electrons. The van der Waals surface area contributed by atoms with Gasteiger partial charge in [0, 0.05) is 55.4 Å². The van der Waals surface area contributed by atoms with Crippen LogP contribution in [-0.4, -0.2) is 58.6 Å². The number of nitrogens with one attached hydrogen (secondary N) is 1. The number of carboxylic acid groups (broad SMARTS) is 1. The van der Waals surface area contributed by atoms with Crippen LogP contribution in [0.4, 0.5) is 0 Å². The summed E-state index contributed by atoms with van der Waals surface area (Å²) in [6.45, 7) is 4.37. The van der Waals surface area contributed by atoms with Gasteiger partial charge in [-0.3, -0.25) is 14.6 Å². The van der Waals surface area contributed by atoms with Crippen LogP contribution in [0.3, 0.4) is 0 Å². The standard InChI is InChI=1S/C18H23N5O2S/c19-14-3-1-2-12-8-15(21-17(12)14)18-20-9-13(26-18)10-22-4-6-23(7-5-22)11-16(24)25/h1,3,8-9,12,21H,2,4-7,10-11,19H2,(H,24,25). The second kappa shape index (κ2) is 7.22. The molecule has 1 aromatic rings. The Morgan fingerprint density at radius 1 is 1.35 bits per heavy atom. The zero-order valence-corrected chi connectivity index (χ0v) is 15.3. The lowest BCUT2D eigenvalue weighted by atomic mass is 9.97. The molecule has 0 amide bonds. The van der Waals surface area contributed by atoms with Gasteiger partial charge in [0.15, 0.2) is 0 Å². The zero-order valence-electron chi connectivity index (χ0n) is 14.5. The highest BCUT2D eigenvalue weighted by Gasteiger charge is 2.26. The summed E-state index contributed by atoms with van der Waals surface area (Å²) in [5, 5.41) is 13.3. The van der Waals surface area contributed by atoms with Gasteiger partial charge in [0.1, 0.15) is 5.01 Å². The molecule has 3 heterocycles. The Kier molecular flexibility index (Phi) is 4.80. The number of hydrogen-bond donors (Lipinski definition) is 3. The smallest absolute Gasteiger partial charge is 0.317 e. The topological polar surface area (TPSA) is 94.7 Å². The van der Waals surface area contributed by atoms with E-state index in [1.165, 1.54) is 4.88 Å². The number of hydrogen-bond acceptors (Lipinski definition) is 7. The van der Waals surface area contributed by atoms with E-state index in [-0.39, 0.29) is 6.54 Å². The number of carbonyl (C=O) groups is 1. The van der Waals surface area contributed by atoms with E-state index in [2.05, 4.69) is 27.4 Å². The van der Waals surface area contributed by atoms with E-state index >= 15 is 0 Å². The second-order valence-corrected chi connectivity index (χ2v) is 8.01. The van der Waals surface area contributed by atoms with Crippen molar-refractivity contribution in [1.82, 2.24) is 20.1 Å². The van der Waals surface area contributed by atoms with Crippen LogP contribution in [0.2, 0.25) is 0 Å². The van der Waals surface area contributed by atoms with Crippen molar-refractivity contribution in [3.63, 3.8) is 0 Å². The molecule has 0 saturated carbocycles. The largest absolute Gasteiger partial charge is 0.480 e. The molecule has 3 aliphatic rings. The highest BCUT2D eigenvalue weighted by molar-refractivity contribution is 7.12. The molecule has 1 fully saturated rings. The normalized spacial score (nSPS) is 23.7. The number of allylic oxidation sites excluding steroid dienone is 3. The van der Waals surface area contributed by atoms with E-state index in [1.54, 1.807) is 11.3 Å². The summed E-state index contributed by atoms with van der Waals surface area (Å²) in [6.07, 6.45) is 9.23. The minimum atomic E-state index is -0.755. The van der Waals surface area contributed by atoms with Crippen LogP contribution in [0.5, 0.6) is 0 Å². The van der Waals surface area contributed by atoms with E-state index in [0.717, 1.165) is 61.2 Å². The molecule has 1 saturated heterocycles. The maximum Gasteiger partial charge on any atom is 0.317 e. The highest BCUT2D eigenvalue weighted by Crippen LogP contribution is 2.34. The summed E-state index contributed by atoms with van der Waals surface area (Å²) >= 11 is 1.71. The average Bonchev–Trinajstić information content (AvgIpc) is 3.23. The summed E-state index contributed by atoms with van der Waals surface area (Å²) < 4.78 is 0. The predicted molar refractivity (Wildman–Crippen MR) is 101 cm³/mol. The van der Waals surface area contributed by atoms with Crippen LogP contribution in [0.25, 0.3) is 5.70 Å². The maximum absolute atomic E-state index is 10.8. The van der Waals surface area contributed by atoms with Gasteiger partial charge in [-0.25, -0.2) is 4.98 Å². The molecule has 8 heteroatoms. The molecule has 4 rings (SSSR count). The molecule has 1 aromatic heterocycles. The van der Waals surface area contributed by atoms with Crippen LogP contribution in [-0.2, 0) is 11.3 Å². The fraction of sp³-hybridized carbons (Fsp3) is 0.444. The number of fused-ring (bicyclic) bond motifs is 1. The minimum absolute atomic E-state index is 0.132. The molecule has 0 aromatic carbocycles. The van der Waals surface area contributed by atoms with Crippen LogP contribution in [0, 0.1) is 5.92 Å². The number of piperazine rings is 1. The molecular weight excluding hydrogens is 350 g/mol. The highest BCUT2D eigenvalue weighted by atomic mass is 32.1. The van der Waals surface area contributed by atoms with E-state index in [4.69, 9.17) is 10.8 Å². The van der Waals surface area contributed by atoms with Crippen molar-refractivity contribution in [1.29, 1.82) is 0 Å². The van der Waals surface area contributed by atoms with Gasteiger partial charge in [-0.05, 0) is 18.6 Å². The first-order chi connectivity index (χ1) is 12.6. The van der Waals surface area contributed by atoms with Crippen molar-refractivity contribution >= 4 is 23.0 Å². The number of carboxylic acids is 1. The molecule has 4 N–H and O–H groups in total. The summed E-state index contributed by atoms with van der Waals surface area (Å²) in [5.74, 6) is -0.418. The van der Waals surface area contributed by atoms with Crippen molar-refractivity contribution in [3.8, 4) is 0 Å². The van der Waals surface area contributed by atoms with E-state index in [9.17, 15) is 4.79 Å². The molecular formula is C18H23N5O2S. The van der Waals surface area contributed by atoms with Crippen molar-refractivity contribution in [3.05, 3.63) is 45.7 Å². The predicted octanol–water partition coefficient (Wildman–Crippen LogP) is 1.04. The summed E-state index contributed by atoms with van der Waals surface area (Å²) in [6, 6.07) is 0. The Bertz CT molecular complexity index is 789. The molecule has 1 unspecified atom stereocenters. The number of nitrogens with two attached hydrogens (primary N) is 1. The van der Waals surface area contributed by atoms with Crippen molar-refractivity contribution in [2.24, 2.45) is 11.7 Å². The number of aliphatic carboxylic acids is 1. The first-order valence-corrected chi connectivity index (χ1v) is 9.67. The molecule has 0 radical (unpaired) electrons. The van der Waals surface area contributed by atoms with Crippen LogP contribution >= 0.6 is 11.3 Å². The molecule has 0 bridgehead atoms. The van der Waals surface area contributed by atoms with Gasteiger partial charge in [0.25, 0.3) is 0 Å². The number of rotatable bonds is 5. The van der Waals surface area contributed by atoms with Gasteiger partial charge in [0.05, 0.1) is 17.9 Å². The van der Waals surface area contributed by atoms with Gasteiger partial charge >= 0.3 is 5.97 Å². The van der Waals surface area contributed by atoms with Crippen molar-refractivity contribution < 1.29 is 9.90 Å². The van der Waals surface area contributed by atoms with Crippen LogP contribution in [0.1, 0.15) is 16.3 Å². The van der Waals surface area contributed by atoms with E-state index in [0.29, 0.717) is 5.92 Å². The fourth-order valence-electron chi connectivity index (χ4n) is 3.61. The molecule has 7 nitrogen and oxygen atoms in total. The van der Waals surface area contributed by atoms with Crippen LogP contribution < -0.4 is 11.1 Å². The van der Waals surface area contributed by atoms with Crippen molar-refractivity contribution in [2.75, 3.05) is 32.7 Å². The van der Waals surface area contributed by atoms with Crippen molar-refractivity contribution in [2.45, 2.75) is 13.0 Å². The molecule has 1 atom stereocenters. The average molecular weight is 373 g/mol. The first kappa shape index (κ1) is 17.3. The Hall–Kier alpha value is -2.16. The maximum atomic E-state index is 10.8. The summed E-state index contributed by atoms with van der Waals surface area (Å²) in [7, 11) is 0. The number of nitrogens with zero attached hydrogens (tertiary/aromatic N) is 3. The monoisotopic (exact) mass is 373 g/mol. The van der Waals surface area contributed by atoms with Crippen LogP contribution in [0.15, 0.2) is 35.8 Å². The molecule has 0 spiro atoms. The summed E-state index contributed by atoms with van der Waals surface area (Å²) in [4.78, 5) is 21.0. The molecule has 26 heavy (non-hydrogen) atoms.